The van der Waals surface area contributed by atoms with Crippen molar-refractivity contribution in [1.82, 2.24) is 4.90 Å². The second-order valence-corrected chi connectivity index (χ2v) is 8.18. The van der Waals surface area contributed by atoms with Gasteiger partial charge in [-0.1, -0.05) is 48.9 Å². The summed E-state index contributed by atoms with van der Waals surface area (Å²) in [5.41, 5.74) is 5.33. The van der Waals surface area contributed by atoms with E-state index in [1.165, 1.54) is 22.5 Å². The minimum atomic E-state index is 0.190. The molecule has 1 aliphatic heterocycles. The van der Waals surface area contributed by atoms with E-state index >= 15 is 0 Å². The van der Waals surface area contributed by atoms with Crippen molar-refractivity contribution in [3.05, 3.63) is 70.8 Å². The minimum Gasteiger partial charge on any atom is -0.341 e. The van der Waals surface area contributed by atoms with Crippen LogP contribution in [0, 0.1) is 0 Å². The van der Waals surface area contributed by atoms with Crippen molar-refractivity contribution < 1.29 is 4.79 Å². The molecule has 1 heterocycles. The Balaban J connectivity index is 1.62. The van der Waals surface area contributed by atoms with Crippen LogP contribution in [0.3, 0.4) is 0 Å². The molecule has 0 unspecified atom stereocenters. The van der Waals surface area contributed by atoms with E-state index in [1.807, 2.05) is 19.1 Å². The van der Waals surface area contributed by atoms with E-state index in [9.17, 15) is 4.79 Å². The van der Waals surface area contributed by atoms with Gasteiger partial charge in [-0.15, -0.1) is 0 Å². The molecule has 0 amide bonds. The van der Waals surface area contributed by atoms with Gasteiger partial charge in [-0.05, 0) is 74.7 Å². The fraction of sp³-hybridized carbons (Fsp3) is 0.400. The lowest BCUT2D eigenvalue weighted by atomic mass is 10.0. The fourth-order valence-corrected chi connectivity index (χ4v) is 4.02. The lowest BCUT2D eigenvalue weighted by Crippen LogP contribution is -2.23. The highest BCUT2D eigenvalue weighted by molar-refractivity contribution is 6.30. The lowest BCUT2D eigenvalue weighted by molar-refractivity contribution is -0.114. The Morgan fingerprint density at radius 3 is 2.66 bits per heavy atom. The number of allylic oxidation sites excluding steroid dienone is 1. The topological polar surface area (TPSA) is 23.6 Å². The Hall–Kier alpha value is -2.10. The van der Waals surface area contributed by atoms with Crippen molar-refractivity contribution >= 4 is 28.8 Å². The third kappa shape index (κ3) is 5.94. The summed E-state index contributed by atoms with van der Waals surface area (Å²) in [6.07, 6.45) is 8.56. The zero-order valence-corrected chi connectivity index (χ0v) is 18.3. The van der Waals surface area contributed by atoms with Gasteiger partial charge in [-0.2, -0.15) is 0 Å². The monoisotopic (exact) mass is 410 g/mol. The average molecular weight is 411 g/mol. The highest BCUT2D eigenvalue weighted by atomic mass is 35.5. The van der Waals surface area contributed by atoms with Gasteiger partial charge in [0.05, 0.1) is 0 Å². The second-order valence-electron chi connectivity index (χ2n) is 7.74. The number of para-hydroxylation sites is 1. The van der Waals surface area contributed by atoms with Crippen molar-refractivity contribution in [2.45, 2.75) is 39.0 Å². The molecule has 0 spiro atoms. The molecule has 0 N–H and O–H groups in total. The van der Waals surface area contributed by atoms with Crippen molar-refractivity contribution in [2.24, 2.45) is 0 Å². The maximum Gasteiger partial charge on any atom is 0.155 e. The molecule has 29 heavy (non-hydrogen) atoms. The molecule has 0 saturated carbocycles. The number of carbonyl (C=O) groups is 1. The van der Waals surface area contributed by atoms with Gasteiger partial charge in [0.2, 0.25) is 0 Å². The summed E-state index contributed by atoms with van der Waals surface area (Å²) in [6, 6.07) is 15.0. The Bertz CT molecular complexity index is 862. The van der Waals surface area contributed by atoms with Gasteiger partial charge in [-0.3, -0.25) is 4.79 Å². The van der Waals surface area contributed by atoms with Gasteiger partial charge in [0.25, 0.3) is 0 Å². The van der Waals surface area contributed by atoms with E-state index in [2.05, 4.69) is 53.2 Å². The number of halogens is 1. The van der Waals surface area contributed by atoms with Crippen molar-refractivity contribution in [2.75, 3.05) is 31.6 Å². The number of carbonyl (C=O) groups excluding carboxylic acids is 1. The van der Waals surface area contributed by atoms with E-state index in [4.69, 9.17) is 11.6 Å². The first-order valence-electron chi connectivity index (χ1n) is 10.6. The number of anilines is 2. The van der Waals surface area contributed by atoms with Crippen molar-refractivity contribution in [3.63, 3.8) is 0 Å². The molecule has 0 fully saturated rings. The number of hydrogen-bond donors (Lipinski definition) is 0. The maximum absolute atomic E-state index is 11.4. The molecule has 2 aromatic carbocycles. The van der Waals surface area contributed by atoms with E-state index in [0.29, 0.717) is 6.42 Å². The zero-order valence-electron chi connectivity index (χ0n) is 17.5. The van der Waals surface area contributed by atoms with Crippen molar-refractivity contribution in [3.8, 4) is 0 Å². The van der Waals surface area contributed by atoms with Gasteiger partial charge in [0.15, 0.2) is 5.78 Å². The van der Waals surface area contributed by atoms with Crippen LogP contribution >= 0.6 is 11.6 Å². The van der Waals surface area contributed by atoms with Crippen LogP contribution in [0.2, 0.25) is 5.02 Å². The van der Waals surface area contributed by atoms with E-state index < -0.39 is 0 Å². The van der Waals surface area contributed by atoms with Crippen LogP contribution in [0.5, 0.6) is 0 Å². The van der Waals surface area contributed by atoms with Crippen LogP contribution < -0.4 is 4.90 Å². The first-order chi connectivity index (χ1) is 14.1. The fourth-order valence-electron chi connectivity index (χ4n) is 3.85. The largest absolute Gasteiger partial charge is 0.341 e. The molecule has 2 aromatic rings. The van der Waals surface area contributed by atoms with Gasteiger partial charge in [-0.25, -0.2) is 0 Å². The Kier molecular flexibility index (Phi) is 7.91. The quantitative estimate of drug-likeness (QED) is 0.384. The smallest absolute Gasteiger partial charge is 0.155 e. The SMILES string of the molecule is CCC(=O)/C=C/CN(C)CCCCN1c2ccccc2CCc2ccc(Cl)cc21. The number of benzene rings is 2. The summed E-state index contributed by atoms with van der Waals surface area (Å²) in [5, 5.41) is 0.793. The summed E-state index contributed by atoms with van der Waals surface area (Å²) in [7, 11) is 2.11. The van der Waals surface area contributed by atoms with Crippen LogP contribution in [0.15, 0.2) is 54.6 Å². The molecular formula is C25H31ClN2O. The molecule has 0 aromatic heterocycles. The molecule has 0 atom stereocenters. The minimum absolute atomic E-state index is 0.190. The summed E-state index contributed by atoms with van der Waals surface area (Å²) >= 11 is 6.34. The Morgan fingerprint density at radius 2 is 1.86 bits per heavy atom. The van der Waals surface area contributed by atoms with Gasteiger partial charge < -0.3 is 9.80 Å². The highest BCUT2D eigenvalue weighted by Gasteiger charge is 2.20. The molecular weight excluding hydrogens is 380 g/mol. The maximum atomic E-state index is 11.4. The van der Waals surface area contributed by atoms with Crippen LogP contribution in [-0.2, 0) is 17.6 Å². The molecule has 0 bridgehead atoms. The second kappa shape index (κ2) is 10.6. The third-order valence-corrected chi connectivity index (χ3v) is 5.76. The summed E-state index contributed by atoms with van der Waals surface area (Å²) in [4.78, 5) is 16.1. The number of fused-ring (bicyclic) bond motifs is 2. The van der Waals surface area contributed by atoms with Gasteiger partial charge in [0.1, 0.15) is 0 Å². The van der Waals surface area contributed by atoms with Crippen LogP contribution in [0.25, 0.3) is 0 Å². The number of likely N-dealkylation sites (N-methyl/N-ethyl adjacent to an activating group) is 1. The van der Waals surface area contributed by atoms with E-state index in [0.717, 1.165) is 50.3 Å². The predicted molar refractivity (Wildman–Crippen MR) is 123 cm³/mol. The third-order valence-electron chi connectivity index (χ3n) is 5.53. The highest BCUT2D eigenvalue weighted by Crippen LogP contribution is 2.37. The lowest BCUT2D eigenvalue weighted by Gasteiger charge is -2.27. The first kappa shape index (κ1) is 21.6. The molecule has 0 radical (unpaired) electrons. The molecule has 3 nitrogen and oxygen atoms in total. The number of rotatable bonds is 9. The van der Waals surface area contributed by atoms with Gasteiger partial charge >= 0.3 is 0 Å². The summed E-state index contributed by atoms with van der Waals surface area (Å²) < 4.78 is 0. The number of aryl methyl sites for hydroxylation is 2. The molecule has 154 valence electrons. The van der Waals surface area contributed by atoms with Crippen LogP contribution in [0.4, 0.5) is 11.4 Å². The summed E-state index contributed by atoms with van der Waals surface area (Å²) in [6.45, 7) is 4.70. The Labute approximate surface area is 180 Å². The van der Waals surface area contributed by atoms with Crippen LogP contribution in [0.1, 0.15) is 37.3 Å². The molecule has 4 heteroatoms. The van der Waals surface area contributed by atoms with Crippen LogP contribution in [-0.4, -0.2) is 37.4 Å². The summed E-state index contributed by atoms with van der Waals surface area (Å²) in [5.74, 6) is 0.190. The van der Waals surface area contributed by atoms with Gasteiger partial charge in [0, 0.05) is 35.9 Å². The number of unbranched alkanes of at least 4 members (excludes halogenated alkanes) is 1. The number of nitrogens with zero attached hydrogens (tertiary/aromatic N) is 2. The Morgan fingerprint density at radius 1 is 1.10 bits per heavy atom. The van der Waals surface area contributed by atoms with E-state index in [1.54, 1.807) is 6.08 Å². The first-order valence-corrected chi connectivity index (χ1v) is 11.0. The predicted octanol–water partition coefficient (Wildman–Crippen LogP) is 5.82. The van der Waals surface area contributed by atoms with E-state index in [-0.39, 0.29) is 5.78 Å². The molecule has 0 aliphatic carbocycles. The average Bonchev–Trinajstić information content (AvgIpc) is 2.88. The standard InChI is InChI=1S/C25H31ClN2O/c1-3-23(29)10-8-17-27(2)16-6-7-18-28-24-11-5-4-9-20(24)12-13-21-14-15-22(26)19-25(21)28/h4-5,8-11,14-15,19H,3,6-7,12-13,16-18H2,1-2H3/b10-8+. The molecule has 1 aliphatic rings. The number of ketones is 1. The zero-order chi connectivity index (χ0) is 20.6. The van der Waals surface area contributed by atoms with Crippen molar-refractivity contribution in [1.29, 1.82) is 0 Å². The molecule has 3 rings (SSSR count). The molecule has 0 saturated heterocycles. The number of hydrogen-bond acceptors (Lipinski definition) is 3. The normalized spacial score (nSPS) is 13.4.